The van der Waals surface area contributed by atoms with Crippen LogP contribution in [0.5, 0.6) is 0 Å². The fraction of sp³-hybridized carbons (Fsp3) is 0.667. The largest absolute Gasteiger partial charge is 0.363 e. The molecular weight excluding hydrogens is 354 g/mol. The Morgan fingerprint density at radius 2 is 1.69 bits per heavy atom. The Morgan fingerprint density at radius 1 is 1.04 bits per heavy atom. The normalized spacial score (nSPS) is 22.8. The summed E-state index contributed by atoms with van der Waals surface area (Å²) in [4.78, 5) is 13.3. The maximum absolute atomic E-state index is 13.0. The quantitative estimate of drug-likeness (QED) is 0.588. The van der Waals surface area contributed by atoms with E-state index in [0.717, 1.165) is 51.5 Å². The van der Waals surface area contributed by atoms with Gasteiger partial charge in [-0.15, -0.1) is 0 Å². The van der Waals surface area contributed by atoms with Gasteiger partial charge in [0.25, 0.3) is 5.69 Å². The van der Waals surface area contributed by atoms with E-state index in [4.69, 9.17) is 0 Å². The first-order valence-corrected chi connectivity index (χ1v) is 10.9. The summed E-state index contributed by atoms with van der Waals surface area (Å²) in [5, 5.41) is 11.7. The molecule has 0 N–H and O–H groups in total. The van der Waals surface area contributed by atoms with E-state index in [1.807, 2.05) is 4.90 Å². The van der Waals surface area contributed by atoms with Crippen molar-refractivity contribution in [1.82, 2.24) is 4.31 Å². The van der Waals surface area contributed by atoms with E-state index in [0.29, 0.717) is 18.8 Å². The van der Waals surface area contributed by atoms with Crippen LogP contribution in [0.1, 0.15) is 51.9 Å². The highest BCUT2D eigenvalue weighted by Gasteiger charge is 2.30. The smallest absolute Gasteiger partial charge is 0.293 e. The highest BCUT2D eigenvalue weighted by molar-refractivity contribution is 7.89. The second-order valence-electron chi connectivity index (χ2n) is 7.26. The van der Waals surface area contributed by atoms with Gasteiger partial charge in [0.15, 0.2) is 0 Å². The van der Waals surface area contributed by atoms with Crippen molar-refractivity contribution in [2.45, 2.75) is 62.8 Å². The Hall–Kier alpha value is -1.67. The molecule has 0 unspecified atom stereocenters. The number of nitro groups is 1. The fourth-order valence-corrected chi connectivity index (χ4v) is 5.48. The van der Waals surface area contributed by atoms with Crippen LogP contribution in [-0.4, -0.2) is 43.3 Å². The van der Waals surface area contributed by atoms with Crippen molar-refractivity contribution in [3.05, 3.63) is 28.3 Å². The van der Waals surface area contributed by atoms with Crippen molar-refractivity contribution in [2.75, 3.05) is 24.5 Å². The third-order valence-corrected chi connectivity index (χ3v) is 7.35. The summed E-state index contributed by atoms with van der Waals surface area (Å²) in [7, 11) is -3.69. The molecule has 0 saturated carbocycles. The summed E-state index contributed by atoms with van der Waals surface area (Å²) in [6, 6.07) is 4.61. The summed E-state index contributed by atoms with van der Waals surface area (Å²) >= 11 is 0. The lowest BCUT2D eigenvalue weighted by Gasteiger charge is -2.35. The number of hydrogen-bond acceptors (Lipinski definition) is 5. The van der Waals surface area contributed by atoms with E-state index in [1.165, 1.54) is 16.4 Å². The van der Waals surface area contributed by atoms with Crippen LogP contribution in [0.4, 0.5) is 11.4 Å². The molecule has 1 aromatic rings. The lowest BCUT2D eigenvalue weighted by atomic mass is 10.0. The van der Waals surface area contributed by atoms with E-state index < -0.39 is 14.9 Å². The molecule has 0 bridgehead atoms. The van der Waals surface area contributed by atoms with Crippen LogP contribution in [0.15, 0.2) is 23.1 Å². The monoisotopic (exact) mass is 381 g/mol. The highest BCUT2D eigenvalue weighted by Crippen LogP contribution is 2.35. The predicted octanol–water partition coefficient (Wildman–Crippen LogP) is 3.54. The first kappa shape index (κ1) is 19.1. The third-order valence-electron chi connectivity index (χ3n) is 5.46. The second-order valence-corrected chi connectivity index (χ2v) is 9.20. The number of benzene rings is 1. The molecule has 1 atom stereocenters. The molecule has 144 valence electrons. The molecular formula is C18H27N3O4S. The lowest BCUT2D eigenvalue weighted by Crippen LogP contribution is -2.38. The standard InChI is InChI=1S/C18H27N3O4S/c1-15-8-4-7-13-20(15)17-10-9-16(14-18(17)21(22)23)26(24,25)19-11-5-2-3-6-12-19/h9-10,14-15H,2-8,11-13H2,1H3/t15-/m0/s1. The summed E-state index contributed by atoms with van der Waals surface area (Å²) in [5.41, 5.74) is 0.409. The average Bonchev–Trinajstić information content (AvgIpc) is 2.91. The van der Waals surface area contributed by atoms with Crippen LogP contribution in [-0.2, 0) is 10.0 Å². The molecule has 26 heavy (non-hydrogen) atoms. The molecule has 2 heterocycles. The number of rotatable bonds is 4. The van der Waals surface area contributed by atoms with Gasteiger partial charge in [0.1, 0.15) is 5.69 Å². The molecule has 0 aromatic heterocycles. The molecule has 0 spiro atoms. The van der Waals surface area contributed by atoms with Gasteiger partial charge in [-0.05, 0) is 51.2 Å². The van der Waals surface area contributed by atoms with Gasteiger partial charge in [0, 0.05) is 31.7 Å². The van der Waals surface area contributed by atoms with Crippen LogP contribution in [0.25, 0.3) is 0 Å². The Balaban J connectivity index is 1.96. The van der Waals surface area contributed by atoms with Gasteiger partial charge < -0.3 is 4.90 Å². The molecule has 1 aromatic carbocycles. The summed E-state index contributed by atoms with van der Waals surface area (Å²) < 4.78 is 27.4. The first-order valence-electron chi connectivity index (χ1n) is 9.46. The van der Waals surface area contributed by atoms with E-state index in [1.54, 1.807) is 6.07 Å². The number of anilines is 1. The topological polar surface area (TPSA) is 83.8 Å². The second kappa shape index (κ2) is 7.92. The van der Waals surface area contributed by atoms with Crippen molar-refractivity contribution >= 4 is 21.4 Å². The number of nitrogens with zero attached hydrogens (tertiary/aromatic N) is 3. The molecule has 7 nitrogen and oxygen atoms in total. The summed E-state index contributed by atoms with van der Waals surface area (Å²) in [5.74, 6) is 0. The molecule has 2 aliphatic rings. The van der Waals surface area contributed by atoms with Crippen LogP contribution in [0.3, 0.4) is 0 Å². The molecule has 2 aliphatic heterocycles. The Kier molecular flexibility index (Phi) is 5.82. The summed E-state index contributed by atoms with van der Waals surface area (Å²) in [6.45, 7) is 3.80. The highest BCUT2D eigenvalue weighted by atomic mass is 32.2. The minimum Gasteiger partial charge on any atom is -0.363 e. The van der Waals surface area contributed by atoms with Crippen molar-refractivity contribution in [1.29, 1.82) is 0 Å². The molecule has 0 amide bonds. The van der Waals surface area contributed by atoms with Gasteiger partial charge in [-0.3, -0.25) is 10.1 Å². The van der Waals surface area contributed by atoms with Gasteiger partial charge >= 0.3 is 0 Å². The van der Waals surface area contributed by atoms with E-state index in [2.05, 4.69) is 6.92 Å². The third kappa shape index (κ3) is 3.86. The van der Waals surface area contributed by atoms with Crippen LogP contribution in [0, 0.1) is 10.1 Å². The van der Waals surface area contributed by atoms with E-state index in [-0.39, 0.29) is 16.6 Å². The zero-order valence-electron chi connectivity index (χ0n) is 15.3. The van der Waals surface area contributed by atoms with Gasteiger partial charge in [-0.1, -0.05) is 12.8 Å². The maximum Gasteiger partial charge on any atom is 0.293 e. The van der Waals surface area contributed by atoms with Crippen molar-refractivity contribution in [3.8, 4) is 0 Å². The zero-order chi connectivity index (χ0) is 18.7. The molecule has 0 aliphatic carbocycles. The molecule has 2 saturated heterocycles. The van der Waals surface area contributed by atoms with Crippen molar-refractivity contribution in [3.63, 3.8) is 0 Å². The van der Waals surface area contributed by atoms with Crippen LogP contribution >= 0.6 is 0 Å². The van der Waals surface area contributed by atoms with Crippen molar-refractivity contribution in [2.24, 2.45) is 0 Å². The first-order chi connectivity index (χ1) is 12.4. The van der Waals surface area contributed by atoms with Gasteiger partial charge in [-0.25, -0.2) is 8.42 Å². The SMILES string of the molecule is C[C@H]1CCCCN1c1ccc(S(=O)(=O)N2CCCCCC2)cc1[N+](=O)[O-]. The van der Waals surface area contributed by atoms with E-state index in [9.17, 15) is 18.5 Å². The van der Waals surface area contributed by atoms with Crippen molar-refractivity contribution < 1.29 is 13.3 Å². The minimum atomic E-state index is -3.69. The molecule has 0 radical (unpaired) electrons. The van der Waals surface area contributed by atoms with Gasteiger partial charge in [0.05, 0.1) is 9.82 Å². The predicted molar refractivity (Wildman–Crippen MR) is 101 cm³/mol. The Bertz CT molecular complexity index is 758. The Labute approximate surface area is 155 Å². The fourth-order valence-electron chi connectivity index (χ4n) is 3.94. The van der Waals surface area contributed by atoms with Gasteiger partial charge in [-0.2, -0.15) is 4.31 Å². The number of nitro benzene ring substituents is 1. The Morgan fingerprint density at radius 3 is 2.31 bits per heavy atom. The zero-order valence-corrected chi connectivity index (χ0v) is 16.1. The molecule has 2 fully saturated rings. The number of piperidine rings is 1. The number of sulfonamides is 1. The van der Waals surface area contributed by atoms with Crippen LogP contribution < -0.4 is 4.90 Å². The van der Waals surface area contributed by atoms with Gasteiger partial charge in [0.2, 0.25) is 10.0 Å². The van der Waals surface area contributed by atoms with E-state index >= 15 is 0 Å². The molecule has 8 heteroatoms. The van der Waals surface area contributed by atoms with Crippen LogP contribution in [0.2, 0.25) is 0 Å². The average molecular weight is 381 g/mol. The lowest BCUT2D eigenvalue weighted by molar-refractivity contribution is -0.384. The summed E-state index contributed by atoms with van der Waals surface area (Å²) in [6.07, 6.45) is 6.83. The molecule has 3 rings (SSSR count). The number of hydrogen-bond donors (Lipinski definition) is 0. The minimum absolute atomic E-state index is 0.0273. The maximum atomic E-state index is 13.0.